The molecule has 1 aromatic heterocycles. The first-order valence-electron chi connectivity index (χ1n) is 7.63. The van der Waals surface area contributed by atoms with E-state index in [1.54, 1.807) is 6.92 Å². The van der Waals surface area contributed by atoms with E-state index in [0.717, 1.165) is 38.4 Å². The zero-order valence-electron chi connectivity index (χ0n) is 12.3. The van der Waals surface area contributed by atoms with Crippen molar-refractivity contribution in [3.63, 3.8) is 0 Å². The summed E-state index contributed by atoms with van der Waals surface area (Å²) in [7, 11) is 0. The Morgan fingerprint density at radius 1 is 1.38 bits per heavy atom. The van der Waals surface area contributed by atoms with Gasteiger partial charge in [0.25, 0.3) is 5.69 Å². The normalized spacial score (nSPS) is 23.5. The first kappa shape index (κ1) is 14.3. The molecular weight excluding hydrogens is 270 g/mol. The number of piperidine rings is 1. The fourth-order valence-corrected chi connectivity index (χ4v) is 3.37. The van der Waals surface area contributed by atoms with Gasteiger partial charge in [0.1, 0.15) is 12.0 Å². The average molecular weight is 291 g/mol. The van der Waals surface area contributed by atoms with Crippen LogP contribution in [0.3, 0.4) is 0 Å². The number of aromatic nitrogens is 1. The predicted octanol–water partition coefficient (Wildman–Crippen LogP) is 2.69. The average Bonchev–Trinajstić information content (AvgIpc) is 3.01. The summed E-state index contributed by atoms with van der Waals surface area (Å²) >= 11 is 0. The van der Waals surface area contributed by atoms with Crippen LogP contribution in [0.4, 0.5) is 11.5 Å². The van der Waals surface area contributed by atoms with E-state index in [1.807, 2.05) is 6.07 Å². The van der Waals surface area contributed by atoms with Gasteiger partial charge in [-0.2, -0.15) is 0 Å². The van der Waals surface area contributed by atoms with Crippen LogP contribution in [0.5, 0.6) is 0 Å². The highest BCUT2D eigenvalue weighted by atomic mass is 16.6. The number of hydrogen-bond donors (Lipinski definition) is 0. The van der Waals surface area contributed by atoms with Crippen LogP contribution >= 0.6 is 0 Å². The summed E-state index contributed by atoms with van der Waals surface area (Å²) in [4.78, 5) is 16.9. The number of hydrogen-bond acceptors (Lipinski definition) is 5. The smallest absolute Gasteiger partial charge is 0.290 e. The first-order valence-corrected chi connectivity index (χ1v) is 7.63. The minimum Gasteiger partial charge on any atom is -0.378 e. The van der Waals surface area contributed by atoms with Crippen molar-refractivity contribution in [1.82, 2.24) is 4.98 Å². The second-order valence-electron chi connectivity index (χ2n) is 5.96. The van der Waals surface area contributed by atoms with Crippen molar-refractivity contribution >= 4 is 11.5 Å². The van der Waals surface area contributed by atoms with Gasteiger partial charge in [-0.15, -0.1) is 0 Å². The topological polar surface area (TPSA) is 68.5 Å². The molecule has 0 saturated carbocycles. The first-order chi connectivity index (χ1) is 10.1. The summed E-state index contributed by atoms with van der Waals surface area (Å²) in [6.07, 6.45) is 6.42. The van der Waals surface area contributed by atoms with E-state index in [9.17, 15) is 10.1 Å². The largest absolute Gasteiger partial charge is 0.378 e. The Balaban J connectivity index is 1.64. The summed E-state index contributed by atoms with van der Waals surface area (Å²) in [5, 5.41) is 10.8. The zero-order valence-corrected chi connectivity index (χ0v) is 12.3. The lowest BCUT2D eigenvalue weighted by Crippen LogP contribution is -2.38. The van der Waals surface area contributed by atoms with Crippen molar-refractivity contribution in [3.8, 4) is 0 Å². The molecule has 3 rings (SSSR count). The molecule has 114 valence electrons. The number of nitrogens with zero attached hydrogens (tertiary/aromatic N) is 3. The van der Waals surface area contributed by atoms with Crippen molar-refractivity contribution in [3.05, 3.63) is 27.9 Å². The minimum atomic E-state index is -0.379. The van der Waals surface area contributed by atoms with Gasteiger partial charge in [0.05, 0.1) is 11.0 Å². The van der Waals surface area contributed by atoms with Crippen LogP contribution in [-0.2, 0) is 4.74 Å². The second kappa shape index (κ2) is 5.97. The highest BCUT2D eigenvalue weighted by Gasteiger charge is 2.30. The molecule has 1 aromatic rings. The van der Waals surface area contributed by atoms with Gasteiger partial charge in [0.2, 0.25) is 0 Å². The van der Waals surface area contributed by atoms with Gasteiger partial charge < -0.3 is 9.64 Å². The molecule has 0 spiro atoms. The van der Waals surface area contributed by atoms with Crippen LogP contribution in [0.15, 0.2) is 12.3 Å². The number of ether oxygens (including phenoxy) is 1. The van der Waals surface area contributed by atoms with Crippen molar-refractivity contribution in [1.29, 1.82) is 0 Å². The van der Waals surface area contributed by atoms with E-state index in [-0.39, 0.29) is 10.6 Å². The van der Waals surface area contributed by atoms with Crippen LogP contribution in [0.1, 0.15) is 31.2 Å². The van der Waals surface area contributed by atoms with Gasteiger partial charge in [0.15, 0.2) is 0 Å². The molecular formula is C15H21N3O3. The Hall–Kier alpha value is -1.69. The molecule has 0 bridgehead atoms. The Morgan fingerprint density at radius 3 is 2.71 bits per heavy atom. The maximum atomic E-state index is 10.8. The Bertz CT molecular complexity index is 521. The fourth-order valence-electron chi connectivity index (χ4n) is 3.37. The summed E-state index contributed by atoms with van der Waals surface area (Å²) < 4.78 is 5.79. The monoisotopic (exact) mass is 291 g/mol. The molecule has 2 fully saturated rings. The Labute approximate surface area is 124 Å². The summed E-state index contributed by atoms with van der Waals surface area (Å²) in [5.41, 5.74) is 0.763. The number of rotatable bonds is 3. The molecule has 3 heterocycles. The number of anilines is 1. The molecule has 2 aliphatic rings. The van der Waals surface area contributed by atoms with Crippen LogP contribution in [0.25, 0.3) is 0 Å². The predicted molar refractivity (Wildman–Crippen MR) is 79.5 cm³/mol. The number of nitro groups is 1. The molecule has 1 unspecified atom stereocenters. The molecule has 0 aromatic carbocycles. The zero-order chi connectivity index (χ0) is 14.8. The highest BCUT2D eigenvalue weighted by Crippen LogP contribution is 2.31. The van der Waals surface area contributed by atoms with E-state index in [4.69, 9.17) is 4.74 Å². The van der Waals surface area contributed by atoms with Crippen LogP contribution in [-0.4, -0.2) is 35.7 Å². The standard InChI is InChI=1S/C15H21N3O3/c1-11-9-15(16-10-13(11)18(19)20)17-6-4-12(5-7-17)14-3-2-8-21-14/h9-10,12,14H,2-8H2,1H3. The number of aryl methyl sites for hydroxylation is 1. The fraction of sp³-hybridized carbons (Fsp3) is 0.667. The molecule has 6 heteroatoms. The molecule has 1 atom stereocenters. The van der Waals surface area contributed by atoms with Crippen LogP contribution in [0, 0.1) is 23.0 Å². The summed E-state index contributed by atoms with van der Waals surface area (Å²) in [5.74, 6) is 1.51. The molecule has 0 radical (unpaired) electrons. The molecule has 0 amide bonds. The van der Waals surface area contributed by atoms with Crippen molar-refractivity contribution < 1.29 is 9.66 Å². The maximum absolute atomic E-state index is 10.8. The molecule has 6 nitrogen and oxygen atoms in total. The van der Waals surface area contributed by atoms with Gasteiger partial charge in [0, 0.05) is 25.3 Å². The summed E-state index contributed by atoms with van der Waals surface area (Å²) in [6.45, 7) is 4.58. The molecule has 21 heavy (non-hydrogen) atoms. The van der Waals surface area contributed by atoms with Crippen LogP contribution < -0.4 is 4.90 Å². The van der Waals surface area contributed by atoms with Crippen molar-refractivity contribution in [2.24, 2.45) is 5.92 Å². The molecule has 0 aliphatic carbocycles. The lowest BCUT2D eigenvalue weighted by molar-refractivity contribution is -0.385. The number of pyridine rings is 1. The Kier molecular flexibility index (Phi) is 4.05. The molecule has 2 aliphatic heterocycles. The second-order valence-corrected chi connectivity index (χ2v) is 5.96. The van der Waals surface area contributed by atoms with E-state index in [2.05, 4.69) is 9.88 Å². The minimum absolute atomic E-state index is 0.0907. The Morgan fingerprint density at radius 2 is 2.14 bits per heavy atom. The highest BCUT2D eigenvalue weighted by molar-refractivity contribution is 5.48. The van der Waals surface area contributed by atoms with E-state index < -0.39 is 0 Å². The van der Waals surface area contributed by atoms with Gasteiger partial charge in [-0.3, -0.25) is 10.1 Å². The van der Waals surface area contributed by atoms with E-state index in [1.165, 1.54) is 19.0 Å². The quantitative estimate of drug-likeness (QED) is 0.632. The third-order valence-corrected chi connectivity index (χ3v) is 4.62. The summed E-state index contributed by atoms with van der Waals surface area (Å²) in [6, 6.07) is 1.82. The lowest BCUT2D eigenvalue weighted by atomic mass is 9.90. The third kappa shape index (κ3) is 3.00. The van der Waals surface area contributed by atoms with Gasteiger partial charge in [-0.1, -0.05) is 0 Å². The van der Waals surface area contributed by atoms with Crippen molar-refractivity contribution in [2.45, 2.75) is 38.7 Å². The van der Waals surface area contributed by atoms with Crippen LogP contribution in [0.2, 0.25) is 0 Å². The SMILES string of the molecule is Cc1cc(N2CCC(C3CCCO3)CC2)ncc1[N+](=O)[O-]. The van der Waals surface area contributed by atoms with E-state index in [0.29, 0.717) is 17.6 Å². The maximum Gasteiger partial charge on any atom is 0.290 e. The van der Waals surface area contributed by atoms with Crippen molar-refractivity contribution in [2.75, 3.05) is 24.6 Å². The van der Waals surface area contributed by atoms with Gasteiger partial charge in [-0.05, 0) is 44.6 Å². The van der Waals surface area contributed by atoms with Gasteiger partial charge >= 0.3 is 0 Å². The lowest BCUT2D eigenvalue weighted by Gasteiger charge is -2.35. The third-order valence-electron chi connectivity index (χ3n) is 4.62. The molecule has 0 N–H and O–H groups in total. The van der Waals surface area contributed by atoms with E-state index >= 15 is 0 Å². The molecule has 2 saturated heterocycles. The van der Waals surface area contributed by atoms with Gasteiger partial charge in [-0.25, -0.2) is 4.98 Å².